The zero-order valence-electron chi connectivity index (χ0n) is 13.7. The molecule has 2 N–H and O–H groups in total. The molecule has 140 valence electrons. The Kier molecular flexibility index (Phi) is 5.98. The Morgan fingerprint density at radius 1 is 1.19 bits per heavy atom. The first-order valence-corrected chi connectivity index (χ1v) is 8.96. The number of nitrogens with one attached hydrogen (secondary N) is 2. The number of carbonyl (C=O) groups excluding carboxylic acids is 1. The van der Waals surface area contributed by atoms with Crippen LogP contribution in [0.15, 0.2) is 47.5 Å². The Hall–Kier alpha value is -2.46. The van der Waals surface area contributed by atoms with E-state index in [0.29, 0.717) is 11.9 Å². The summed E-state index contributed by atoms with van der Waals surface area (Å²) >= 11 is 0. The first kappa shape index (κ1) is 19.9. The molecule has 0 aliphatic heterocycles. The fourth-order valence-corrected chi connectivity index (χ4v) is 3.11. The zero-order valence-corrected chi connectivity index (χ0v) is 14.5. The summed E-state index contributed by atoms with van der Waals surface area (Å²) in [6.07, 6.45) is -3.33. The molecule has 0 saturated carbocycles. The second kappa shape index (κ2) is 7.83. The minimum Gasteiger partial charge on any atom is -0.311 e. The summed E-state index contributed by atoms with van der Waals surface area (Å²) in [6.45, 7) is 1.55. The molecule has 0 fully saturated rings. The highest BCUT2D eigenvalue weighted by molar-refractivity contribution is 7.89. The van der Waals surface area contributed by atoms with Crippen LogP contribution in [0.5, 0.6) is 0 Å². The zero-order chi connectivity index (χ0) is 19.4. The number of alkyl halides is 3. The van der Waals surface area contributed by atoms with E-state index >= 15 is 0 Å². The molecular formula is C16H16F3N3O3S. The highest BCUT2D eigenvalue weighted by Crippen LogP contribution is 2.30. The number of pyridine rings is 1. The molecule has 2 rings (SSSR count). The minimum absolute atomic E-state index is 0.201. The van der Waals surface area contributed by atoms with Crippen LogP contribution in [-0.4, -0.2) is 25.9 Å². The molecule has 6 nitrogen and oxygen atoms in total. The largest absolute Gasteiger partial charge is 0.416 e. The van der Waals surface area contributed by atoms with Crippen LogP contribution in [0.2, 0.25) is 0 Å². The number of amides is 1. The quantitative estimate of drug-likeness (QED) is 0.798. The maximum absolute atomic E-state index is 12.7. The van der Waals surface area contributed by atoms with E-state index < -0.39 is 32.6 Å². The van der Waals surface area contributed by atoms with Gasteiger partial charge in [0.1, 0.15) is 5.82 Å². The fraction of sp³-hybridized carbons (Fsp3) is 0.250. The molecule has 1 amide bonds. The number of hydrogen-bond acceptors (Lipinski definition) is 4. The van der Waals surface area contributed by atoms with Crippen molar-refractivity contribution in [2.75, 3.05) is 11.9 Å². The van der Waals surface area contributed by atoms with Gasteiger partial charge in [0.05, 0.1) is 10.5 Å². The molecule has 1 aromatic carbocycles. The van der Waals surface area contributed by atoms with Gasteiger partial charge in [-0.3, -0.25) is 4.79 Å². The van der Waals surface area contributed by atoms with Gasteiger partial charge in [0, 0.05) is 19.2 Å². The molecule has 0 radical (unpaired) electrons. The lowest BCUT2D eigenvalue weighted by atomic mass is 10.2. The molecule has 0 aliphatic rings. The molecule has 0 saturated heterocycles. The van der Waals surface area contributed by atoms with E-state index in [1.165, 1.54) is 6.20 Å². The van der Waals surface area contributed by atoms with Crippen LogP contribution in [0.3, 0.4) is 0 Å². The number of hydrogen-bond donors (Lipinski definition) is 2. The number of benzene rings is 1. The van der Waals surface area contributed by atoms with Crippen LogP contribution in [0, 0.1) is 6.92 Å². The first-order chi connectivity index (χ1) is 12.1. The molecule has 26 heavy (non-hydrogen) atoms. The van der Waals surface area contributed by atoms with Crippen molar-refractivity contribution < 1.29 is 26.4 Å². The number of sulfonamides is 1. The topological polar surface area (TPSA) is 88.2 Å². The van der Waals surface area contributed by atoms with E-state index in [4.69, 9.17) is 0 Å². The van der Waals surface area contributed by atoms with Crippen molar-refractivity contribution in [3.8, 4) is 0 Å². The van der Waals surface area contributed by atoms with Crippen molar-refractivity contribution in [3.05, 3.63) is 53.7 Å². The molecule has 0 atom stereocenters. The lowest BCUT2D eigenvalue weighted by Crippen LogP contribution is -2.28. The lowest BCUT2D eigenvalue weighted by Gasteiger charge is -2.10. The van der Waals surface area contributed by atoms with E-state index in [2.05, 4.69) is 15.0 Å². The van der Waals surface area contributed by atoms with Crippen LogP contribution < -0.4 is 10.0 Å². The van der Waals surface area contributed by atoms with Crippen LogP contribution in [0.1, 0.15) is 17.5 Å². The maximum Gasteiger partial charge on any atom is 0.416 e. The fourth-order valence-electron chi connectivity index (χ4n) is 2.03. The molecule has 0 aliphatic carbocycles. The smallest absolute Gasteiger partial charge is 0.311 e. The van der Waals surface area contributed by atoms with Gasteiger partial charge in [0.25, 0.3) is 0 Å². The molecule has 1 aromatic heterocycles. The van der Waals surface area contributed by atoms with Crippen LogP contribution in [0.25, 0.3) is 0 Å². The first-order valence-electron chi connectivity index (χ1n) is 7.47. The summed E-state index contributed by atoms with van der Waals surface area (Å²) in [5.74, 6) is -0.148. The van der Waals surface area contributed by atoms with Gasteiger partial charge in [-0.1, -0.05) is 6.07 Å². The standard InChI is InChI=1S/C16H16F3N3O3S/c1-11-5-7-20-14(9-11)22-15(23)6-8-21-26(24,25)13-4-2-3-12(10-13)16(17,18)19/h2-5,7,9-10,21H,6,8H2,1H3,(H,20,22,23). The highest BCUT2D eigenvalue weighted by Gasteiger charge is 2.31. The summed E-state index contributed by atoms with van der Waals surface area (Å²) < 4.78 is 64.3. The number of carbonyl (C=O) groups is 1. The number of rotatable bonds is 6. The van der Waals surface area contributed by atoms with Crippen molar-refractivity contribution >= 4 is 21.7 Å². The van der Waals surface area contributed by atoms with Gasteiger partial charge in [0.2, 0.25) is 15.9 Å². The molecule has 1 heterocycles. The third kappa shape index (κ3) is 5.53. The van der Waals surface area contributed by atoms with Gasteiger partial charge in [-0.05, 0) is 42.8 Å². The van der Waals surface area contributed by atoms with Gasteiger partial charge in [-0.2, -0.15) is 13.2 Å². The third-order valence-corrected chi connectivity index (χ3v) is 4.76. The Bertz CT molecular complexity index is 899. The van der Waals surface area contributed by atoms with E-state index in [0.717, 1.165) is 23.8 Å². The SMILES string of the molecule is Cc1ccnc(NC(=O)CCNS(=O)(=O)c2cccc(C(F)(F)F)c2)c1. The number of halogens is 3. The Morgan fingerprint density at radius 3 is 2.58 bits per heavy atom. The van der Waals surface area contributed by atoms with E-state index in [1.54, 1.807) is 12.1 Å². The van der Waals surface area contributed by atoms with Crippen molar-refractivity contribution in [1.29, 1.82) is 0 Å². The van der Waals surface area contributed by atoms with E-state index in [-0.39, 0.29) is 13.0 Å². The molecule has 0 unspecified atom stereocenters. The molecule has 2 aromatic rings. The maximum atomic E-state index is 12.7. The highest BCUT2D eigenvalue weighted by atomic mass is 32.2. The summed E-state index contributed by atoms with van der Waals surface area (Å²) in [6, 6.07) is 6.77. The monoisotopic (exact) mass is 387 g/mol. The number of aryl methyl sites for hydroxylation is 1. The normalized spacial score (nSPS) is 12.0. The lowest BCUT2D eigenvalue weighted by molar-refractivity contribution is -0.137. The van der Waals surface area contributed by atoms with Crippen molar-refractivity contribution in [2.45, 2.75) is 24.4 Å². The summed E-state index contributed by atoms with van der Waals surface area (Å²) in [7, 11) is -4.16. The number of aromatic nitrogens is 1. The predicted molar refractivity (Wildman–Crippen MR) is 88.9 cm³/mol. The van der Waals surface area contributed by atoms with Crippen LogP contribution in [-0.2, 0) is 21.0 Å². The van der Waals surface area contributed by atoms with Gasteiger partial charge in [-0.25, -0.2) is 18.1 Å². The predicted octanol–water partition coefficient (Wildman–Crippen LogP) is 2.72. The van der Waals surface area contributed by atoms with Gasteiger partial charge >= 0.3 is 6.18 Å². The summed E-state index contributed by atoms with van der Waals surface area (Å²) in [5, 5.41) is 2.50. The number of nitrogens with zero attached hydrogens (tertiary/aromatic N) is 1. The molecule has 0 bridgehead atoms. The Morgan fingerprint density at radius 2 is 1.92 bits per heavy atom. The van der Waals surface area contributed by atoms with Crippen molar-refractivity contribution in [1.82, 2.24) is 9.71 Å². The second-order valence-corrected chi connectivity index (χ2v) is 7.21. The summed E-state index contributed by atoms with van der Waals surface area (Å²) in [4.78, 5) is 15.2. The van der Waals surface area contributed by atoms with Gasteiger partial charge < -0.3 is 5.32 Å². The Balaban J connectivity index is 1.95. The molecular weight excluding hydrogens is 371 g/mol. The number of anilines is 1. The summed E-state index contributed by atoms with van der Waals surface area (Å²) in [5.41, 5.74) is -0.177. The average Bonchev–Trinajstić information content (AvgIpc) is 2.54. The Labute approximate surface area is 148 Å². The van der Waals surface area contributed by atoms with Crippen molar-refractivity contribution in [3.63, 3.8) is 0 Å². The van der Waals surface area contributed by atoms with Crippen molar-refractivity contribution in [2.24, 2.45) is 0 Å². The van der Waals surface area contributed by atoms with E-state index in [9.17, 15) is 26.4 Å². The minimum atomic E-state index is -4.65. The molecule has 0 spiro atoms. The van der Waals surface area contributed by atoms with E-state index in [1.807, 2.05) is 6.92 Å². The third-order valence-electron chi connectivity index (χ3n) is 3.30. The molecule has 10 heteroatoms. The van der Waals surface area contributed by atoms with Crippen LogP contribution in [0.4, 0.5) is 19.0 Å². The van der Waals surface area contributed by atoms with Gasteiger partial charge in [0.15, 0.2) is 0 Å². The van der Waals surface area contributed by atoms with Crippen LogP contribution >= 0.6 is 0 Å². The average molecular weight is 387 g/mol. The second-order valence-electron chi connectivity index (χ2n) is 5.44. The van der Waals surface area contributed by atoms with Gasteiger partial charge in [-0.15, -0.1) is 0 Å².